The van der Waals surface area contributed by atoms with Crippen LogP contribution in [0.15, 0.2) is 0 Å². The van der Waals surface area contributed by atoms with Crippen molar-refractivity contribution in [1.82, 2.24) is 9.97 Å². The van der Waals surface area contributed by atoms with Crippen LogP contribution in [0.1, 0.15) is 49.7 Å². The van der Waals surface area contributed by atoms with Crippen LogP contribution in [0.4, 0.5) is 0 Å². The number of ether oxygens (including phenoxy) is 1. The molecule has 4 heteroatoms. The number of hydrogen-bond donors (Lipinski definition) is 1. The number of nitrogens with zero attached hydrogens (tertiary/aromatic N) is 1. The van der Waals surface area contributed by atoms with Gasteiger partial charge in [0, 0.05) is 11.1 Å². The Morgan fingerprint density at radius 1 is 1.47 bits per heavy atom. The number of aryl methyl sites for hydroxylation is 1. The smallest absolute Gasteiger partial charge is 0.358 e. The number of imidazole rings is 1. The van der Waals surface area contributed by atoms with E-state index in [4.69, 9.17) is 4.74 Å². The van der Waals surface area contributed by atoms with Gasteiger partial charge in [0.2, 0.25) is 0 Å². The number of esters is 1. The zero-order chi connectivity index (χ0) is 11.6. The molecule has 0 saturated heterocycles. The lowest BCUT2D eigenvalue weighted by atomic mass is 9.96. The highest BCUT2D eigenvalue weighted by Gasteiger charge is 2.22. The molecule has 1 aromatic rings. The number of rotatable bonds is 2. The van der Waals surface area contributed by atoms with Gasteiger partial charge in [-0.05, 0) is 13.8 Å². The van der Waals surface area contributed by atoms with E-state index in [0.29, 0.717) is 12.3 Å². The maximum atomic E-state index is 11.5. The second-order valence-corrected chi connectivity index (χ2v) is 4.53. The van der Waals surface area contributed by atoms with Gasteiger partial charge in [-0.25, -0.2) is 9.78 Å². The molecule has 0 aliphatic carbocycles. The van der Waals surface area contributed by atoms with Crippen molar-refractivity contribution in [3.8, 4) is 0 Å². The predicted octanol–water partition coefficient (Wildman–Crippen LogP) is 2.19. The topological polar surface area (TPSA) is 55.0 Å². The van der Waals surface area contributed by atoms with E-state index < -0.39 is 0 Å². The molecular formula is C11H18N2O2. The highest BCUT2D eigenvalue weighted by atomic mass is 16.5. The summed E-state index contributed by atoms with van der Waals surface area (Å²) >= 11 is 0. The molecule has 4 nitrogen and oxygen atoms in total. The summed E-state index contributed by atoms with van der Waals surface area (Å²) < 4.78 is 4.91. The highest BCUT2D eigenvalue weighted by Crippen LogP contribution is 2.20. The van der Waals surface area contributed by atoms with E-state index in [1.165, 1.54) is 0 Å². The molecule has 15 heavy (non-hydrogen) atoms. The summed E-state index contributed by atoms with van der Waals surface area (Å²) in [5, 5.41) is 0. The maximum Gasteiger partial charge on any atom is 0.358 e. The third-order valence-electron chi connectivity index (χ3n) is 2.06. The lowest BCUT2D eigenvalue weighted by Gasteiger charge is -2.13. The average molecular weight is 210 g/mol. The van der Waals surface area contributed by atoms with Gasteiger partial charge in [0.1, 0.15) is 5.82 Å². The van der Waals surface area contributed by atoms with Crippen LogP contribution in [0.25, 0.3) is 0 Å². The molecule has 0 radical (unpaired) electrons. The standard InChI is InChI=1S/C11H18N2O2/c1-6-15-9(14)8-7(2)12-10(13-8)11(3,4)5/h6H2,1-5H3,(H,12,13). The van der Waals surface area contributed by atoms with Gasteiger partial charge in [0.15, 0.2) is 5.69 Å². The largest absolute Gasteiger partial charge is 0.461 e. The van der Waals surface area contributed by atoms with Gasteiger partial charge in [-0.15, -0.1) is 0 Å². The monoisotopic (exact) mass is 210 g/mol. The normalized spacial score (nSPS) is 11.5. The van der Waals surface area contributed by atoms with Crippen LogP contribution in [0.5, 0.6) is 0 Å². The zero-order valence-corrected chi connectivity index (χ0v) is 9.97. The molecule has 0 fully saturated rings. The van der Waals surface area contributed by atoms with Crippen LogP contribution >= 0.6 is 0 Å². The number of aromatic amines is 1. The fourth-order valence-corrected chi connectivity index (χ4v) is 1.21. The number of hydrogen-bond acceptors (Lipinski definition) is 3. The summed E-state index contributed by atoms with van der Waals surface area (Å²) in [5.41, 5.74) is 1.07. The SMILES string of the molecule is CCOC(=O)c1nc(C(C)(C)C)[nH]c1C. The molecule has 0 bridgehead atoms. The number of aromatic nitrogens is 2. The van der Waals surface area contributed by atoms with Gasteiger partial charge < -0.3 is 9.72 Å². The molecule has 0 unspecified atom stereocenters. The Kier molecular flexibility index (Phi) is 3.17. The molecular weight excluding hydrogens is 192 g/mol. The van der Waals surface area contributed by atoms with E-state index in [1.54, 1.807) is 6.92 Å². The molecule has 1 heterocycles. The van der Waals surface area contributed by atoms with Gasteiger partial charge in [0.05, 0.1) is 6.61 Å². The Morgan fingerprint density at radius 2 is 2.07 bits per heavy atom. The van der Waals surface area contributed by atoms with E-state index in [-0.39, 0.29) is 11.4 Å². The Morgan fingerprint density at radius 3 is 2.47 bits per heavy atom. The molecule has 1 N–H and O–H groups in total. The Hall–Kier alpha value is -1.32. The number of H-pyrrole nitrogens is 1. The Labute approximate surface area is 90.1 Å². The molecule has 0 aliphatic rings. The second-order valence-electron chi connectivity index (χ2n) is 4.53. The van der Waals surface area contributed by atoms with E-state index in [0.717, 1.165) is 11.5 Å². The third-order valence-corrected chi connectivity index (χ3v) is 2.06. The summed E-state index contributed by atoms with van der Waals surface area (Å²) in [5.74, 6) is 0.449. The van der Waals surface area contributed by atoms with E-state index in [2.05, 4.69) is 9.97 Å². The van der Waals surface area contributed by atoms with Crippen molar-refractivity contribution in [3.05, 3.63) is 17.2 Å². The highest BCUT2D eigenvalue weighted by molar-refractivity contribution is 5.88. The van der Waals surface area contributed by atoms with Crippen LogP contribution in [0.3, 0.4) is 0 Å². The third kappa shape index (κ3) is 2.58. The van der Waals surface area contributed by atoms with Crippen LogP contribution in [0.2, 0.25) is 0 Å². The van der Waals surface area contributed by atoms with Gasteiger partial charge in [-0.3, -0.25) is 0 Å². The molecule has 84 valence electrons. The summed E-state index contributed by atoms with van der Waals surface area (Å²) in [7, 11) is 0. The predicted molar refractivity (Wildman–Crippen MR) is 58.0 cm³/mol. The summed E-state index contributed by atoms with van der Waals surface area (Å²) in [6, 6.07) is 0. The average Bonchev–Trinajstić information content (AvgIpc) is 2.47. The summed E-state index contributed by atoms with van der Waals surface area (Å²) in [4.78, 5) is 18.9. The van der Waals surface area contributed by atoms with Gasteiger partial charge in [-0.1, -0.05) is 20.8 Å². The zero-order valence-electron chi connectivity index (χ0n) is 9.97. The van der Waals surface area contributed by atoms with Crippen molar-refractivity contribution in [1.29, 1.82) is 0 Å². The first kappa shape index (κ1) is 11.8. The molecule has 0 atom stereocenters. The molecule has 1 rings (SSSR count). The lowest BCUT2D eigenvalue weighted by molar-refractivity contribution is 0.0519. The Balaban J connectivity index is 3.02. The van der Waals surface area contributed by atoms with E-state index >= 15 is 0 Å². The molecule has 0 spiro atoms. The number of carbonyl (C=O) groups is 1. The summed E-state index contributed by atoms with van der Waals surface area (Å²) in [6.45, 7) is 10.1. The molecule has 0 amide bonds. The van der Waals surface area contributed by atoms with Crippen LogP contribution in [0, 0.1) is 6.92 Å². The minimum absolute atomic E-state index is 0.0878. The van der Waals surface area contributed by atoms with Gasteiger partial charge in [0.25, 0.3) is 0 Å². The van der Waals surface area contributed by atoms with Crippen LogP contribution in [-0.4, -0.2) is 22.5 Å². The first-order chi connectivity index (χ1) is 6.86. The first-order valence-corrected chi connectivity index (χ1v) is 5.10. The van der Waals surface area contributed by atoms with Crippen molar-refractivity contribution in [3.63, 3.8) is 0 Å². The van der Waals surface area contributed by atoms with Crippen molar-refractivity contribution in [2.45, 2.75) is 40.0 Å². The Bertz CT molecular complexity index is 361. The maximum absolute atomic E-state index is 11.5. The minimum Gasteiger partial charge on any atom is -0.461 e. The lowest BCUT2D eigenvalue weighted by Crippen LogP contribution is -2.14. The second kappa shape index (κ2) is 4.04. The minimum atomic E-state index is -0.359. The van der Waals surface area contributed by atoms with Crippen molar-refractivity contribution >= 4 is 5.97 Å². The first-order valence-electron chi connectivity index (χ1n) is 5.10. The van der Waals surface area contributed by atoms with Gasteiger partial charge in [-0.2, -0.15) is 0 Å². The van der Waals surface area contributed by atoms with Crippen molar-refractivity contribution in [2.75, 3.05) is 6.61 Å². The van der Waals surface area contributed by atoms with E-state index in [1.807, 2.05) is 27.7 Å². The van der Waals surface area contributed by atoms with E-state index in [9.17, 15) is 4.79 Å². The number of carbonyl (C=O) groups excluding carboxylic acids is 1. The van der Waals surface area contributed by atoms with Gasteiger partial charge >= 0.3 is 5.97 Å². The molecule has 0 aliphatic heterocycles. The quantitative estimate of drug-likeness (QED) is 0.761. The molecule has 0 saturated carbocycles. The molecule has 1 aromatic heterocycles. The van der Waals surface area contributed by atoms with Crippen LogP contribution in [-0.2, 0) is 10.2 Å². The number of nitrogens with one attached hydrogen (secondary N) is 1. The fraction of sp³-hybridized carbons (Fsp3) is 0.636. The fourth-order valence-electron chi connectivity index (χ4n) is 1.21. The van der Waals surface area contributed by atoms with Crippen LogP contribution < -0.4 is 0 Å². The van der Waals surface area contributed by atoms with Crippen molar-refractivity contribution < 1.29 is 9.53 Å². The summed E-state index contributed by atoms with van der Waals surface area (Å²) in [6.07, 6.45) is 0. The molecule has 0 aromatic carbocycles. The van der Waals surface area contributed by atoms with Crippen molar-refractivity contribution in [2.24, 2.45) is 0 Å².